The van der Waals surface area contributed by atoms with E-state index < -0.39 is 6.04 Å². The molecule has 1 aliphatic rings. The highest BCUT2D eigenvalue weighted by molar-refractivity contribution is 6.00. The van der Waals surface area contributed by atoms with Gasteiger partial charge in [-0.15, -0.1) is 10.2 Å². The quantitative estimate of drug-likeness (QED) is 0.768. The van der Waals surface area contributed by atoms with Gasteiger partial charge in [0, 0.05) is 24.0 Å². The molecular formula is C19H20N6O2. The number of carbonyl (C=O) groups is 2. The number of nitrogens with one attached hydrogen (secondary N) is 1. The molecule has 1 unspecified atom stereocenters. The maximum absolute atomic E-state index is 12.9. The molecule has 0 radical (unpaired) electrons. The average molecular weight is 364 g/mol. The zero-order valence-electron chi connectivity index (χ0n) is 15.0. The van der Waals surface area contributed by atoms with E-state index in [1.165, 1.54) is 0 Å². The van der Waals surface area contributed by atoms with E-state index >= 15 is 0 Å². The molecule has 0 bridgehead atoms. The monoisotopic (exact) mass is 364 g/mol. The summed E-state index contributed by atoms with van der Waals surface area (Å²) >= 11 is 0. The number of benzene rings is 1. The van der Waals surface area contributed by atoms with Crippen molar-refractivity contribution in [2.45, 2.75) is 32.2 Å². The summed E-state index contributed by atoms with van der Waals surface area (Å²) in [4.78, 5) is 31.7. The van der Waals surface area contributed by atoms with Crippen molar-refractivity contribution in [3.8, 4) is 0 Å². The molecular weight excluding hydrogens is 344 g/mol. The van der Waals surface area contributed by atoms with E-state index in [9.17, 15) is 9.59 Å². The maximum Gasteiger partial charge on any atom is 0.256 e. The standard InChI is InChI=1S/C19H20N6O2/c1-13-10-12-25-18(20-13)22-23-19(25)21-16(26)15-9-5-6-11-24(15)17(27)14-7-3-2-4-8-14/h2-4,7-8,10,12,15H,5-6,9,11H2,1H3,(H,21,23,26). The lowest BCUT2D eigenvalue weighted by molar-refractivity contribution is -0.121. The zero-order valence-corrected chi connectivity index (χ0v) is 15.0. The van der Waals surface area contributed by atoms with Crippen LogP contribution in [0.2, 0.25) is 0 Å². The van der Waals surface area contributed by atoms with Crippen molar-refractivity contribution >= 4 is 23.5 Å². The number of likely N-dealkylation sites (tertiary alicyclic amines) is 1. The predicted molar refractivity (Wildman–Crippen MR) is 99.3 cm³/mol. The Kier molecular flexibility index (Phi) is 4.53. The summed E-state index contributed by atoms with van der Waals surface area (Å²) in [5, 5.41) is 10.8. The van der Waals surface area contributed by atoms with Gasteiger partial charge < -0.3 is 4.90 Å². The van der Waals surface area contributed by atoms with Crippen molar-refractivity contribution in [2.75, 3.05) is 11.9 Å². The molecule has 138 valence electrons. The number of aryl methyl sites for hydroxylation is 1. The summed E-state index contributed by atoms with van der Waals surface area (Å²) in [5.74, 6) is 0.346. The fraction of sp³-hybridized carbons (Fsp3) is 0.316. The number of hydrogen-bond acceptors (Lipinski definition) is 5. The molecule has 0 spiro atoms. The molecule has 1 atom stereocenters. The van der Waals surface area contributed by atoms with Gasteiger partial charge in [-0.3, -0.25) is 19.3 Å². The van der Waals surface area contributed by atoms with Crippen LogP contribution in [0.1, 0.15) is 35.3 Å². The average Bonchev–Trinajstić information content (AvgIpc) is 3.09. The summed E-state index contributed by atoms with van der Waals surface area (Å²) in [7, 11) is 0. The first-order chi connectivity index (χ1) is 13.1. The Bertz CT molecular complexity index is 984. The van der Waals surface area contributed by atoms with Crippen molar-refractivity contribution in [2.24, 2.45) is 0 Å². The third-order valence-electron chi connectivity index (χ3n) is 4.74. The summed E-state index contributed by atoms with van der Waals surface area (Å²) < 4.78 is 1.62. The minimum atomic E-state index is -0.530. The van der Waals surface area contributed by atoms with E-state index in [-0.39, 0.29) is 11.8 Å². The number of fused-ring (bicyclic) bond motifs is 1. The number of rotatable bonds is 3. The summed E-state index contributed by atoms with van der Waals surface area (Å²) in [5.41, 5.74) is 1.41. The Balaban J connectivity index is 1.56. The van der Waals surface area contributed by atoms with E-state index in [2.05, 4.69) is 20.5 Å². The van der Waals surface area contributed by atoms with Crippen LogP contribution in [0.5, 0.6) is 0 Å². The smallest absolute Gasteiger partial charge is 0.256 e. The van der Waals surface area contributed by atoms with Gasteiger partial charge in [-0.1, -0.05) is 18.2 Å². The number of piperidine rings is 1. The molecule has 8 nitrogen and oxygen atoms in total. The highest BCUT2D eigenvalue weighted by Gasteiger charge is 2.33. The molecule has 1 aliphatic heterocycles. The molecule has 3 heterocycles. The molecule has 0 aliphatic carbocycles. The second-order valence-electron chi connectivity index (χ2n) is 6.63. The fourth-order valence-corrected chi connectivity index (χ4v) is 3.35. The molecule has 1 saturated heterocycles. The Morgan fingerprint density at radius 1 is 1.11 bits per heavy atom. The number of nitrogens with zero attached hydrogens (tertiary/aromatic N) is 5. The fourth-order valence-electron chi connectivity index (χ4n) is 3.35. The van der Waals surface area contributed by atoms with Crippen molar-refractivity contribution < 1.29 is 9.59 Å². The van der Waals surface area contributed by atoms with Crippen LogP contribution < -0.4 is 5.32 Å². The summed E-state index contributed by atoms with van der Waals surface area (Å²) in [6, 6.07) is 10.3. The van der Waals surface area contributed by atoms with E-state index in [4.69, 9.17) is 0 Å². The van der Waals surface area contributed by atoms with Crippen molar-refractivity contribution in [1.82, 2.24) is 24.5 Å². The Hall–Kier alpha value is -3.29. The van der Waals surface area contributed by atoms with Gasteiger partial charge in [0.15, 0.2) is 0 Å². The van der Waals surface area contributed by atoms with Gasteiger partial charge in [-0.05, 0) is 44.4 Å². The first-order valence-electron chi connectivity index (χ1n) is 8.99. The lowest BCUT2D eigenvalue weighted by atomic mass is 10.00. The van der Waals surface area contributed by atoms with Crippen LogP contribution in [0.3, 0.4) is 0 Å². The van der Waals surface area contributed by atoms with Gasteiger partial charge in [0.05, 0.1) is 0 Å². The van der Waals surface area contributed by atoms with E-state index in [0.717, 1.165) is 18.5 Å². The summed E-state index contributed by atoms with van der Waals surface area (Å²) in [6.07, 6.45) is 4.18. The highest BCUT2D eigenvalue weighted by Crippen LogP contribution is 2.21. The first-order valence-corrected chi connectivity index (χ1v) is 8.99. The molecule has 8 heteroatoms. The molecule has 1 N–H and O–H groups in total. The van der Waals surface area contributed by atoms with Crippen molar-refractivity contribution in [3.63, 3.8) is 0 Å². The lowest BCUT2D eigenvalue weighted by Gasteiger charge is -2.34. The van der Waals surface area contributed by atoms with Crippen molar-refractivity contribution in [3.05, 3.63) is 53.9 Å². The van der Waals surface area contributed by atoms with Gasteiger partial charge in [-0.25, -0.2) is 4.98 Å². The molecule has 4 rings (SSSR count). The van der Waals surface area contributed by atoms with Crippen LogP contribution in [-0.4, -0.2) is 48.9 Å². The Morgan fingerprint density at radius 2 is 1.93 bits per heavy atom. The van der Waals surface area contributed by atoms with Crippen molar-refractivity contribution in [1.29, 1.82) is 0 Å². The minimum absolute atomic E-state index is 0.126. The van der Waals surface area contributed by atoms with Crippen LogP contribution in [0.25, 0.3) is 5.78 Å². The molecule has 27 heavy (non-hydrogen) atoms. The van der Waals surface area contributed by atoms with Crippen LogP contribution in [-0.2, 0) is 4.79 Å². The molecule has 2 amide bonds. The Labute approximate surface area is 156 Å². The number of hydrogen-bond donors (Lipinski definition) is 1. The normalized spacial score (nSPS) is 17.1. The topological polar surface area (TPSA) is 92.5 Å². The minimum Gasteiger partial charge on any atom is -0.327 e. The van der Waals surface area contributed by atoms with Gasteiger partial charge >= 0.3 is 0 Å². The number of anilines is 1. The molecule has 2 aromatic heterocycles. The number of carbonyl (C=O) groups excluding carboxylic acids is 2. The van der Waals surface area contributed by atoms with Gasteiger partial charge in [-0.2, -0.15) is 0 Å². The maximum atomic E-state index is 12.9. The largest absolute Gasteiger partial charge is 0.327 e. The van der Waals surface area contributed by atoms with Gasteiger partial charge in [0.25, 0.3) is 11.7 Å². The SMILES string of the molecule is Cc1ccn2c(NC(=O)C3CCCCN3C(=O)c3ccccc3)nnc2n1. The zero-order chi connectivity index (χ0) is 18.8. The van der Waals surface area contributed by atoms with E-state index in [0.29, 0.717) is 30.3 Å². The third-order valence-corrected chi connectivity index (χ3v) is 4.74. The number of aromatic nitrogens is 4. The second-order valence-corrected chi connectivity index (χ2v) is 6.63. The first kappa shape index (κ1) is 17.1. The third kappa shape index (κ3) is 3.38. The molecule has 1 aromatic carbocycles. The van der Waals surface area contributed by atoms with E-state index in [1.807, 2.05) is 31.2 Å². The predicted octanol–water partition coefficient (Wildman–Crippen LogP) is 2.07. The molecule has 0 saturated carbocycles. The molecule has 1 fully saturated rings. The van der Waals surface area contributed by atoms with Gasteiger partial charge in [0.2, 0.25) is 11.9 Å². The van der Waals surface area contributed by atoms with E-state index in [1.54, 1.807) is 27.6 Å². The molecule has 3 aromatic rings. The van der Waals surface area contributed by atoms with Crippen LogP contribution in [0.15, 0.2) is 42.6 Å². The highest BCUT2D eigenvalue weighted by atomic mass is 16.2. The summed E-state index contributed by atoms with van der Waals surface area (Å²) in [6.45, 7) is 2.43. The lowest BCUT2D eigenvalue weighted by Crippen LogP contribution is -2.50. The van der Waals surface area contributed by atoms with Crippen LogP contribution in [0, 0.1) is 6.92 Å². The Morgan fingerprint density at radius 3 is 2.74 bits per heavy atom. The second kappa shape index (κ2) is 7.14. The van der Waals surface area contributed by atoms with Crippen LogP contribution >= 0.6 is 0 Å². The van der Waals surface area contributed by atoms with Crippen LogP contribution in [0.4, 0.5) is 5.95 Å². The van der Waals surface area contributed by atoms with Gasteiger partial charge in [0.1, 0.15) is 6.04 Å². The number of amides is 2.